The Bertz CT molecular complexity index is 852. The number of carbonyl (C=O) groups is 1. The minimum atomic E-state index is -0.360. The van der Waals surface area contributed by atoms with Crippen molar-refractivity contribution in [2.45, 2.75) is 0 Å². The Labute approximate surface area is 146 Å². The van der Waals surface area contributed by atoms with Crippen molar-refractivity contribution in [3.8, 4) is 17.0 Å². The number of carbonyl (C=O) groups excluding carboxylic acids is 1. The SMILES string of the molecule is O=C(COc1ccc(F)cc1)Nc1nc(-c2ccccc2Cl)cs1. The highest BCUT2D eigenvalue weighted by Crippen LogP contribution is 2.30. The first-order chi connectivity index (χ1) is 11.6. The molecule has 0 aliphatic rings. The summed E-state index contributed by atoms with van der Waals surface area (Å²) in [5, 5.41) is 5.53. The summed E-state index contributed by atoms with van der Waals surface area (Å²) in [7, 11) is 0. The van der Waals surface area contributed by atoms with E-state index in [1.165, 1.54) is 35.6 Å². The lowest BCUT2D eigenvalue weighted by atomic mass is 10.2. The molecular formula is C17H12ClFN2O2S. The van der Waals surface area contributed by atoms with Crippen LogP contribution in [0.15, 0.2) is 53.9 Å². The van der Waals surface area contributed by atoms with Crippen molar-refractivity contribution in [1.29, 1.82) is 0 Å². The van der Waals surface area contributed by atoms with Crippen molar-refractivity contribution in [3.05, 3.63) is 64.8 Å². The predicted octanol–water partition coefficient (Wildman–Crippen LogP) is 4.62. The molecule has 0 unspecified atom stereocenters. The fourth-order valence-corrected chi connectivity index (χ4v) is 2.92. The molecule has 122 valence electrons. The van der Waals surface area contributed by atoms with Gasteiger partial charge < -0.3 is 4.74 Å². The second-order valence-electron chi connectivity index (χ2n) is 4.81. The second kappa shape index (κ2) is 7.42. The van der Waals surface area contributed by atoms with Crippen LogP contribution in [0.4, 0.5) is 9.52 Å². The highest BCUT2D eigenvalue weighted by molar-refractivity contribution is 7.14. The minimum Gasteiger partial charge on any atom is -0.484 e. The molecule has 0 aliphatic heterocycles. The summed E-state index contributed by atoms with van der Waals surface area (Å²) in [6, 6.07) is 12.8. The van der Waals surface area contributed by atoms with Crippen LogP contribution in [0.3, 0.4) is 0 Å². The van der Waals surface area contributed by atoms with E-state index in [9.17, 15) is 9.18 Å². The van der Waals surface area contributed by atoms with Crippen LogP contribution in [0, 0.1) is 5.82 Å². The van der Waals surface area contributed by atoms with E-state index in [1.807, 2.05) is 23.6 Å². The normalized spacial score (nSPS) is 10.4. The molecule has 0 spiro atoms. The molecule has 7 heteroatoms. The predicted molar refractivity (Wildman–Crippen MR) is 93.1 cm³/mol. The van der Waals surface area contributed by atoms with Crippen molar-refractivity contribution in [2.75, 3.05) is 11.9 Å². The van der Waals surface area contributed by atoms with Gasteiger partial charge >= 0.3 is 0 Å². The van der Waals surface area contributed by atoms with Crippen LogP contribution in [-0.4, -0.2) is 17.5 Å². The van der Waals surface area contributed by atoms with Gasteiger partial charge in [-0.25, -0.2) is 9.37 Å². The number of nitrogens with one attached hydrogen (secondary N) is 1. The zero-order chi connectivity index (χ0) is 16.9. The van der Waals surface area contributed by atoms with Gasteiger partial charge in [-0.05, 0) is 30.3 Å². The summed E-state index contributed by atoms with van der Waals surface area (Å²) >= 11 is 7.43. The van der Waals surface area contributed by atoms with Crippen LogP contribution >= 0.6 is 22.9 Å². The van der Waals surface area contributed by atoms with E-state index in [0.29, 0.717) is 21.6 Å². The highest BCUT2D eigenvalue weighted by Gasteiger charge is 2.10. The number of amides is 1. The van der Waals surface area contributed by atoms with E-state index < -0.39 is 0 Å². The average molecular weight is 363 g/mol. The number of rotatable bonds is 5. The Morgan fingerprint density at radius 1 is 1.21 bits per heavy atom. The Balaban J connectivity index is 1.59. The van der Waals surface area contributed by atoms with Gasteiger partial charge in [-0.15, -0.1) is 11.3 Å². The molecule has 24 heavy (non-hydrogen) atoms. The molecule has 0 saturated carbocycles. The van der Waals surface area contributed by atoms with Gasteiger partial charge in [-0.1, -0.05) is 29.8 Å². The van der Waals surface area contributed by atoms with Gasteiger partial charge in [0, 0.05) is 16.0 Å². The van der Waals surface area contributed by atoms with Gasteiger partial charge in [0.05, 0.1) is 5.69 Å². The summed E-state index contributed by atoms with van der Waals surface area (Å²) in [4.78, 5) is 16.2. The zero-order valence-electron chi connectivity index (χ0n) is 12.3. The number of anilines is 1. The van der Waals surface area contributed by atoms with Crippen molar-refractivity contribution in [3.63, 3.8) is 0 Å². The third-order valence-corrected chi connectivity index (χ3v) is 4.17. The molecule has 1 N–H and O–H groups in total. The van der Waals surface area contributed by atoms with E-state index in [1.54, 1.807) is 6.07 Å². The van der Waals surface area contributed by atoms with E-state index in [2.05, 4.69) is 10.3 Å². The number of ether oxygens (including phenoxy) is 1. The summed E-state index contributed by atoms with van der Waals surface area (Å²) < 4.78 is 18.1. The summed E-state index contributed by atoms with van der Waals surface area (Å²) in [5.74, 6) is -0.288. The fraction of sp³-hybridized carbons (Fsp3) is 0.0588. The Morgan fingerprint density at radius 3 is 2.71 bits per heavy atom. The third-order valence-electron chi connectivity index (χ3n) is 3.08. The lowest BCUT2D eigenvalue weighted by Gasteiger charge is -2.05. The van der Waals surface area contributed by atoms with E-state index in [0.717, 1.165) is 5.56 Å². The number of thiazole rings is 1. The van der Waals surface area contributed by atoms with Crippen molar-refractivity contribution < 1.29 is 13.9 Å². The lowest BCUT2D eigenvalue weighted by Crippen LogP contribution is -2.20. The Morgan fingerprint density at radius 2 is 1.96 bits per heavy atom. The molecule has 2 aromatic carbocycles. The van der Waals surface area contributed by atoms with Crippen LogP contribution < -0.4 is 10.1 Å². The van der Waals surface area contributed by atoms with Gasteiger partial charge in [-0.2, -0.15) is 0 Å². The summed E-state index contributed by atoms with van der Waals surface area (Å²) in [6.07, 6.45) is 0. The number of nitrogens with zero attached hydrogens (tertiary/aromatic N) is 1. The monoisotopic (exact) mass is 362 g/mol. The molecule has 1 aromatic heterocycles. The standard InChI is InChI=1S/C17H12ClFN2O2S/c18-14-4-2-1-3-13(14)15-10-24-17(20-15)21-16(22)9-23-12-7-5-11(19)6-8-12/h1-8,10H,9H2,(H,20,21,22). The molecule has 3 aromatic rings. The van der Waals surface area contributed by atoms with Crippen molar-refractivity contribution in [2.24, 2.45) is 0 Å². The molecule has 1 amide bonds. The van der Waals surface area contributed by atoms with Crippen LogP contribution in [-0.2, 0) is 4.79 Å². The maximum absolute atomic E-state index is 12.8. The fourth-order valence-electron chi connectivity index (χ4n) is 1.96. The largest absolute Gasteiger partial charge is 0.484 e. The van der Waals surface area contributed by atoms with Crippen LogP contribution in [0.2, 0.25) is 5.02 Å². The van der Waals surface area contributed by atoms with Crippen LogP contribution in [0.5, 0.6) is 5.75 Å². The first-order valence-corrected chi connectivity index (χ1v) is 8.26. The first-order valence-electron chi connectivity index (χ1n) is 7.00. The maximum atomic E-state index is 12.8. The molecule has 0 bridgehead atoms. The Kier molecular flexibility index (Phi) is 5.08. The second-order valence-corrected chi connectivity index (χ2v) is 6.07. The molecule has 0 radical (unpaired) electrons. The van der Waals surface area contributed by atoms with Crippen molar-refractivity contribution >= 4 is 34.0 Å². The van der Waals surface area contributed by atoms with Crippen molar-refractivity contribution in [1.82, 2.24) is 4.98 Å². The summed E-state index contributed by atoms with van der Waals surface area (Å²) in [5.41, 5.74) is 1.50. The molecule has 4 nitrogen and oxygen atoms in total. The van der Waals surface area contributed by atoms with E-state index in [-0.39, 0.29) is 18.3 Å². The van der Waals surface area contributed by atoms with Gasteiger partial charge in [0.25, 0.3) is 5.91 Å². The average Bonchev–Trinajstić information content (AvgIpc) is 3.03. The topological polar surface area (TPSA) is 51.2 Å². The van der Waals surface area contributed by atoms with Crippen LogP contribution in [0.25, 0.3) is 11.3 Å². The molecular weight excluding hydrogens is 351 g/mol. The number of aromatic nitrogens is 1. The lowest BCUT2D eigenvalue weighted by molar-refractivity contribution is -0.118. The molecule has 0 fully saturated rings. The van der Waals surface area contributed by atoms with E-state index >= 15 is 0 Å². The van der Waals surface area contributed by atoms with Gasteiger partial charge in [0.15, 0.2) is 11.7 Å². The molecule has 1 heterocycles. The number of halogens is 2. The van der Waals surface area contributed by atoms with Gasteiger partial charge in [-0.3, -0.25) is 10.1 Å². The quantitative estimate of drug-likeness (QED) is 0.720. The smallest absolute Gasteiger partial charge is 0.264 e. The molecule has 0 saturated heterocycles. The third kappa shape index (κ3) is 4.10. The molecule has 0 aliphatic carbocycles. The maximum Gasteiger partial charge on any atom is 0.264 e. The molecule has 0 atom stereocenters. The number of hydrogen-bond donors (Lipinski definition) is 1. The van der Waals surface area contributed by atoms with Gasteiger partial charge in [0.1, 0.15) is 11.6 Å². The van der Waals surface area contributed by atoms with E-state index in [4.69, 9.17) is 16.3 Å². The zero-order valence-corrected chi connectivity index (χ0v) is 13.9. The number of benzene rings is 2. The Hall–Kier alpha value is -2.44. The summed E-state index contributed by atoms with van der Waals surface area (Å²) in [6.45, 7) is -0.188. The molecule has 3 rings (SSSR count). The number of hydrogen-bond acceptors (Lipinski definition) is 4. The first kappa shape index (κ1) is 16.4. The minimum absolute atomic E-state index is 0.188. The highest BCUT2D eigenvalue weighted by atomic mass is 35.5. The van der Waals surface area contributed by atoms with Gasteiger partial charge in [0.2, 0.25) is 0 Å². The van der Waals surface area contributed by atoms with Crippen LogP contribution in [0.1, 0.15) is 0 Å².